The van der Waals surface area contributed by atoms with Gasteiger partial charge in [-0.15, -0.1) is 0 Å². The van der Waals surface area contributed by atoms with Gasteiger partial charge in [0.1, 0.15) is 0 Å². The number of benzene rings is 2. The second kappa shape index (κ2) is 11.3. The molecule has 1 aliphatic heterocycles. The van der Waals surface area contributed by atoms with E-state index in [1.807, 2.05) is 5.48 Å². The Kier molecular flexibility index (Phi) is 7.94. The summed E-state index contributed by atoms with van der Waals surface area (Å²) in [7, 11) is 1.51. The number of ether oxygens (including phenoxy) is 2. The second-order valence-corrected chi connectivity index (χ2v) is 9.16. The molecule has 0 aromatic heterocycles. The van der Waals surface area contributed by atoms with E-state index in [0.717, 1.165) is 37.5 Å². The summed E-state index contributed by atoms with van der Waals surface area (Å²) < 4.78 is 11.6. The summed E-state index contributed by atoms with van der Waals surface area (Å²) >= 11 is 0. The summed E-state index contributed by atoms with van der Waals surface area (Å²) in [5.74, 6) is -2.26. The topological polar surface area (TPSA) is 140 Å². The monoisotopic (exact) mass is 523 g/mol. The van der Waals surface area contributed by atoms with Crippen molar-refractivity contribution in [3.05, 3.63) is 53.1 Å². The number of nitrogens with one attached hydrogen (secondary N) is 2. The maximum Gasteiger partial charge on any atom is 0.329 e. The summed E-state index contributed by atoms with van der Waals surface area (Å²) in [4.78, 5) is 68.4. The summed E-state index contributed by atoms with van der Waals surface area (Å²) in [5, 5.41) is 2.58. The number of rotatable bonds is 8. The number of amides is 4. The Morgan fingerprint density at radius 1 is 1.03 bits per heavy atom. The van der Waals surface area contributed by atoms with Crippen LogP contribution >= 0.6 is 0 Å². The number of anilines is 1. The lowest BCUT2D eigenvalue weighted by atomic mass is 10.0. The highest BCUT2D eigenvalue weighted by atomic mass is 16.7. The first-order valence-electron chi connectivity index (χ1n) is 12.3. The Hall–Kier alpha value is -4.41. The summed E-state index contributed by atoms with van der Waals surface area (Å²) in [5.41, 5.74) is 2.81. The molecule has 1 fully saturated rings. The van der Waals surface area contributed by atoms with Gasteiger partial charge >= 0.3 is 5.97 Å². The highest BCUT2D eigenvalue weighted by Gasteiger charge is 2.43. The number of hydroxylamine groups is 1. The van der Waals surface area contributed by atoms with Crippen LogP contribution in [0.2, 0.25) is 0 Å². The van der Waals surface area contributed by atoms with Crippen molar-refractivity contribution in [1.29, 1.82) is 0 Å². The number of hydrogen-bond acceptors (Lipinski definition) is 8. The molecule has 4 rings (SSSR count). The smallest absolute Gasteiger partial charge is 0.329 e. The molecule has 0 radical (unpaired) electrons. The van der Waals surface area contributed by atoms with E-state index in [1.165, 1.54) is 26.2 Å². The molecule has 1 aliphatic carbocycles. The fourth-order valence-electron chi connectivity index (χ4n) is 4.76. The first-order chi connectivity index (χ1) is 18.2. The number of carbonyl (C=O) groups excluding carboxylic acids is 5. The van der Waals surface area contributed by atoms with Gasteiger partial charge in [0.2, 0.25) is 5.91 Å². The van der Waals surface area contributed by atoms with Crippen LogP contribution in [0.4, 0.5) is 5.69 Å². The molecule has 0 saturated heterocycles. The molecule has 1 saturated carbocycles. The first kappa shape index (κ1) is 26.6. The van der Waals surface area contributed by atoms with Gasteiger partial charge in [-0.25, -0.2) is 0 Å². The third kappa shape index (κ3) is 5.61. The molecule has 0 spiro atoms. The van der Waals surface area contributed by atoms with Crippen LogP contribution in [0.5, 0.6) is 11.5 Å². The summed E-state index contributed by atoms with van der Waals surface area (Å²) in [6.07, 6.45) is 3.50. The Bertz CT molecular complexity index is 1290. The molecule has 2 aromatic rings. The lowest BCUT2D eigenvalue weighted by molar-refractivity contribution is -0.156. The van der Waals surface area contributed by atoms with Crippen LogP contribution in [-0.2, 0) is 19.2 Å². The predicted molar refractivity (Wildman–Crippen MR) is 134 cm³/mol. The van der Waals surface area contributed by atoms with Crippen molar-refractivity contribution < 1.29 is 38.3 Å². The van der Waals surface area contributed by atoms with E-state index in [2.05, 4.69) is 10.2 Å². The number of imide groups is 1. The van der Waals surface area contributed by atoms with Crippen molar-refractivity contribution in [3.63, 3.8) is 0 Å². The van der Waals surface area contributed by atoms with Crippen molar-refractivity contribution >= 4 is 35.3 Å². The minimum Gasteiger partial charge on any atom is -0.493 e. The minimum atomic E-state index is -1.08. The van der Waals surface area contributed by atoms with Gasteiger partial charge in [-0.05, 0) is 55.5 Å². The van der Waals surface area contributed by atoms with Crippen molar-refractivity contribution in [2.45, 2.75) is 58.1 Å². The van der Waals surface area contributed by atoms with E-state index in [-0.39, 0.29) is 22.9 Å². The second-order valence-electron chi connectivity index (χ2n) is 9.16. The van der Waals surface area contributed by atoms with Crippen LogP contribution in [0.3, 0.4) is 0 Å². The van der Waals surface area contributed by atoms with Gasteiger partial charge in [-0.2, -0.15) is 5.48 Å². The molecule has 2 aromatic carbocycles. The zero-order valence-corrected chi connectivity index (χ0v) is 21.4. The number of carbonyl (C=O) groups is 5. The van der Waals surface area contributed by atoms with E-state index in [0.29, 0.717) is 17.1 Å². The third-order valence-electron chi connectivity index (χ3n) is 6.42. The molecular formula is C27H29N3O8. The van der Waals surface area contributed by atoms with Crippen LogP contribution < -0.4 is 20.3 Å². The number of nitrogens with zero attached hydrogens (tertiary/aromatic N) is 1. The zero-order chi connectivity index (χ0) is 27.4. The van der Waals surface area contributed by atoms with E-state index in [1.54, 1.807) is 24.3 Å². The Labute approximate surface area is 219 Å². The largest absolute Gasteiger partial charge is 0.493 e. The lowest BCUT2D eigenvalue weighted by Crippen LogP contribution is -2.38. The van der Waals surface area contributed by atoms with Gasteiger partial charge in [0.25, 0.3) is 17.7 Å². The molecule has 1 heterocycles. The number of methoxy groups -OCH3 is 1. The van der Waals surface area contributed by atoms with Crippen LogP contribution in [0.1, 0.15) is 78.3 Å². The Balaban J connectivity index is 1.74. The molecule has 11 nitrogen and oxygen atoms in total. The molecule has 0 bridgehead atoms. The van der Waals surface area contributed by atoms with Crippen LogP contribution in [-0.4, -0.2) is 47.7 Å². The average Bonchev–Trinajstić information content (AvgIpc) is 3.47. The van der Waals surface area contributed by atoms with Gasteiger partial charge < -0.3 is 19.6 Å². The van der Waals surface area contributed by atoms with Crippen LogP contribution in [0.25, 0.3) is 0 Å². The zero-order valence-electron chi connectivity index (χ0n) is 21.4. The minimum absolute atomic E-state index is 0.00406. The standard InChI is InChI=1S/C27H29N3O8/c1-15(31)28-20-10-6-9-19-25(20)27(35)30(26(19)34)21(14-24(33)29-38-16(2)32)17-11-12-22(36-3)23(13-17)37-18-7-4-5-8-18/h6,9-13,18,21H,4-5,7-8,14H2,1-3H3,(H,28,31)(H,29,33)/t21-/m0/s1. The van der Waals surface area contributed by atoms with E-state index < -0.39 is 42.1 Å². The van der Waals surface area contributed by atoms with Crippen LogP contribution in [0.15, 0.2) is 36.4 Å². The van der Waals surface area contributed by atoms with Gasteiger partial charge in [0.15, 0.2) is 11.5 Å². The number of fused-ring (bicyclic) bond motifs is 1. The van der Waals surface area contributed by atoms with Crippen molar-refractivity contribution in [2.75, 3.05) is 12.4 Å². The molecule has 2 aliphatic rings. The van der Waals surface area contributed by atoms with Gasteiger partial charge in [0.05, 0.1) is 42.5 Å². The van der Waals surface area contributed by atoms with E-state index in [4.69, 9.17) is 9.47 Å². The lowest BCUT2D eigenvalue weighted by Gasteiger charge is -2.27. The molecule has 4 amide bonds. The quantitative estimate of drug-likeness (QED) is 0.397. The van der Waals surface area contributed by atoms with Crippen molar-refractivity contribution in [3.8, 4) is 11.5 Å². The van der Waals surface area contributed by atoms with E-state index in [9.17, 15) is 24.0 Å². The highest BCUT2D eigenvalue weighted by Crippen LogP contribution is 2.40. The molecule has 38 heavy (non-hydrogen) atoms. The van der Waals surface area contributed by atoms with Crippen molar-refractivity contribution in [2.24, 2.45) is 0 Å². The van der Waals surface area contributed by atoms with Gasteiger partial charge in [-0.1, -0.05) is 12.1 Å². The Morgan fingerprint density at radius 3 is 2.42 bits per heavy atom. The fourth-order valence-corrected chi connectivity index (χ4v) is 4.76. The average molecular weight is 524 g/mol. The molecule has 2 N–H and O–H groups in total. The Morgan fingerprint density at radius 2 is 1.76 bits per heavy atom. The normalized spacial score (nSPS) is 15.6. The fraction of sp³-hybridized carbons (Fsp3) is 0.370. The maximum atomic E-state index is 13.6. The maximum absolute atomic E-state index is 13.6. The molecule has 1 atom stereocenters. The number of hydrogen-bond donors (Lipinski definition) is 2. The first-order valence-corrected chi connectivity index (χ1v) is 12.3. The SMILES string of the molecule is COc1ccc([C@H](CC(=O)NOC(C)=O)N2C(=O)c3cccc(NC(C)=O)c3C2=O)cc1OC1CCCC1. The van der Waals surface area contributed by atoms with Crippen molar-refractivity contribution in [1.82, 2.24) is 10.4 Å². The van der Waals surface area contributed by atoms with Gasteiger partial charge in [0, 0.05) is 13.8 Å². The summed E-state index contributed by atoms with van der Waals surface area (Å²) in [6, 6.07) is 8.43. The highest BCUT2D eigenvalue weighted by molar-refractivity contribution is 6.24. The molecular weight excluding hydrogens is 494 g/mol. The molecule has 0 unspecified atom stereocenters. The van der Waals surface area contributed by atoms with E-state index >= 15 is 0 Å². The molecule has 200 valence electrons. The van der Waals surface area contributed by atoms with Crippen LogP contribution in [0, 0.1) is 0 Å². The third-order valence-corrected chi connectivity index (χ3v) is 6.42. The van der Waals surface area contributed by atoms with Gasteiger partial charge in [-0.3, -0.25) is 28.9 Å². The molecule has 11 heteroatoms. The predicted octanol–water partition coefficient (Wildman–Crippen LogP) is 3.30. The summed E-state index contributed by atoms with van der Waals surface area (Å²) in [6.45, 7) is 2.42.